The second kappa shape index (κ2) is 6.05. The predicted octanol–water partition coefficient (Wildman–Crippen LogP) is 3.73. The molecule has 1 aromatic carbocycles. The molecule has 17 heavy (non-hydrogen) atoms. The van der Waals surface area contributed by atoms with Crippen LogP contribution in [0.1, 0.15) is 30.9 Å². The Hall–Kier alpha value is -1.03. The van der Waals surface area contributed by atoms with Crippen LogP contribution in [0, 0.1) is 13.8 Å². The molecule has 0 heterocycles. The number of benzene rings is 1. The Morgan fingerprint density at radius 2 is 2.12 bits per heavy atom. The lowest BCUT2D eigenvalue weighted by Gasteiger charge is -2.18. The quantitative estimate of drug-likeness (QED) is 0.871. The number of halogens is 1. The number of aryl methyl sites for hydroxylation is 2. The summed E-state index contributed by atoms with van der Waals surface area (Å²) in [6.07, 6.45) is 1.46. The van der Waals surface area contributed by atoms with Crippen LogP contribution in [0.2, 0.25) is 0 Å². The molecule has 1 rings (SSSR count). The first kappa shape index (κ1) is 14.0. The molecule has 0 aromatic heterocycles. The van der Waals surface area contributed by atoms with Crippen molar-refractivity contribution in [2.75, 3.05) is 5.32 Å². The van der Waals surface area contributed by atoms with E-state index >= 15 is 0 Å². The summed E-state index contributed by atoms with van der Waals surface area (Å²) in [7, 11) is 0. The number of hydrogen-bond donors (Lipinski definition) is 2. The summed E-state index contributed by atoms with van der Waals surface area (Å²) >= 11 is 3.47. The van der Waals surface area contributed by atoms with Crippen LogP contribution < -0.4 is 5.32 Å². The predicted molar refractivity (Wildman–Crippen MR) is 73.6 cm³/mol. The smallest absolute Gasteiger partial charge is 0.326 e. The van der Waals surface area contributed by atoms with E-state index in [9.17, 15) is 4.79 Å². The second-order valence-corrected chi connectivity index (χ2v) is 5.12. The summed E-state index contributed by atoms with van der Waals surface area (Å²) in [6.45, 7) is 5.97. The summed E-state index contributed by atoms with van der Waals surface area (Å²) < 4.78 is 0.914. The molecular formula is C13H18BrNO2. The van der Waals surface area contributed by atoms with Gasteiger partial charge in [-0.25, -0.2) is 4.79 Å². The molecule has 1 atom stereocenters. The van der Waals surface area contributed by atoms with Gasteiger partial charge in [0.2, 0.25) is 0 Å². The van der Waals surface area contributed by atoms with Gasteiger partial charge in [0.05, 0.1) is 5.69 Å². The lowest BCUT2D eigenvalue weighted by molar-refractivity contribution is -0.138. The third-order valence-corrected chi connectivity index (χ3v) is 3.25. The molecule has 0 spiro atoms. The maximum Gasteiger partial charge on any atom is 0.326 e. The van der Waals surface area contributed by atoms with Crippen molar-refractivity contribution >= 4 is 27.6 Å². The average Bonchev–Trinajstić information content (AvgIpc) is 2.21. The Balaban J connectivity index is 2.97. The molecule has 0 saturated carbocycles. The number of rotatable bonds is 5. The standard InChI is InChI=1S/C13H18BrNO2/c1-4-5-11(13(16)17)15-12-9(3)6-8(2)7-10(12)14/h6-7,11,15H,4-5H2,1-3H3,(H,16,17). The van der Waals surface area contributed by atoms with Crippen LogP contribution in [-0.4, -0.2) is 17.1 Å². The average molecular weight is 300 g/mol. The van der Waals surface area contributed by atoms with E-state index in [2.05, 4.69) is 21.2 Å². The van der Waals surface area contributed by atoms with Gasteiger partial charge in [0.1, 0.15) is 6.04 Å². The van der Waals surface area contributed by atoms with E-state index in [0.29, 0.717) is 6.42 Å². The zero-order valence-corrected chi connectivity index (χ0v) is 12.0. The van der Waals surface area contributed by atoms with E-state index in [0.717, 1.165) is 27.7 Å². The molecule has 0 fully saturated rings. The first-order chi connectivity index (χ1) is 7.95. The minimum absolute atomic E-state index is 0.530. The van der Waals surface area contributed by atoms with Gasteiger partial charge in [-0.1, -0.05) is 19.4 Å². The molecule has 0 saturated heterocycles. The van der Waals surface area contributed by atoms with E-state index < -0.39 is 12.0 Å². The number of aliphatic carboxylic acids is 1. The Bertz CT molecular complexity index is 395. The number of anilines is 1. The van der Waals surface area contributed by atoms with Gasteiger partial charge in [0.25, 0.3) is 0 Å². The van der Waals surface area contributed by atoms with E-state index in [-0.39, 0.29) is 0 Å². The van der Waals surface area contributed by atoms with Gasteiger partial charge in [-0.2, -0.15) is 0 Å². The molecule has 0 aliphatic heterocycles. The summed E-state index contributed by atoms with van der Waals surface area (Å²) in [5, 5.41) is 12.2. The molecule has 0 radical (unpaired) electrons. The summed E-state index contributed by atoms with van der Waals surface area (Å²) in [5.74, 6) is -0.807. The summed E-state index contributed by atoms with van der Waals surface area (Å²) in [6, 6.07) is 3.50. The molecule has 94 valence electrons. The van der Waals surface area contributed by atoms with Crippen molar-refractivity contribution in [3.8, 4) is 0 Å². The Labute approximate surface area is 110 Å². The number of carbonyl (C=O) groups is 1. The molecule has 0 amide bonds. The number of carboxylic acid groups (broad SMARTS) is 1. The van der Waals surface area contributed by atoms with Gasteiger partial charge in [-0.3, -0.25) is 0 Å². The topological polar surface area (TPSA) is 49.3 Å². The summed E-state index contributed by atoms with van der Waals surface area (Å²) in [5.41, 5.74) is 3.08. The van der Waals surface area contributed by atoms with Crippen LogP contribution in [0.15, 0.2) is 16.6 Å². The van der Waals surface area contributed by atoms with Crippen LogP contribution >= 0.6 is 15.9 Å². The minimum Gasteiger partial charge on any atom is -0.480 e. The van der Waals surface area contributed by atoms with Gasteiger partial charge in [0.15, 0.2) is 0 Å². The maximum absolute atomic E-state index is 11.1. The van der Waals surface area contributed by atoms with Gasteiger partial charge in [0, 0.05) is 4.47 Å². The Morgan fingerprint density at radius 3 is 2.59 bits per heavy atom. The monoisotopic (exact) mass is 299 g/mol. The normalized spacial score (nSPS) is 12.2. The highest BCUT2D eigenvalue weighted by Gasteiger charge is 2.18. The SMILES string of the molecule is CCCC(Nc1c(C)cc(C)cc1Br)C(=O)O. The van der Waals surface area contributed by atoms with Crippen molar-refractivity contribution < 1.29 is 9.90 Å². The lowest BCUT2D eigenvalue weighted by Crippen LogP contribution is -2.29. The van der Waals surface area contributed by atoms with Crippen molar-refractivity contribution in [2.45, 2.75) is 39.7 Å². The largest absolute Gasteiger partial charge is 0.480 e. The third-order valence-electron chi connectivity index (χ3n) is 2.63. The van der Waals surface area contributed by atoms with Gasteiger partial charge >= 0.3 is 5.97 Å². The van der Waals surface area contributed by atoms with E-state index in [1.165, 1.54) is 0 Å². The van der Waals surface area contributed by atoms with Crippen LogP contribution in [0.4, 0.5) is 5.69 Å². The van der Waals surface area contributed by atoms with E-state index in [1.54, 1.807) is 0 Å². The van der Waals surface area contributed by atoms with Crippen molar-refractivity contribution in [3.63, 3.8) is 0 Å². The summed E-state index contributed by atoms with van der Waals surface area (Å²) in [4.78, 5) is 11.1. The fourth-order valence-electron chi connectivity index (χ4n) is 1.82. The molecule has 0 bridgehead atoms. The second-order valence-electron chi connectivity index (χ2n) is 4.26. The fourth-order valence-corrected chi connectivity index (χ4v) is 2.61. The first-order valence-electron chi connectivity index (χ1n) is 5.71. The highest BCUT2D eigenvalue weighted by atomic mass is 79.9. The minimum atomic E-state index is -0.807. The van der Waals surface area contributed by atoms with Gasteiger partial charge in [-0.05, 0) is 53.4 Å². The van der Waals surface area contributed by atoms with Crippen LogP contribution in [-0.2, 0) is 4.79 Å². The number of nitrogens with one attached hydrogen (secondary N) is 1. The molecule has 0 aliphatic carbocycles. The van der Waals surface area contributed by atoms with Crippen molar-refractivity contribution in [1.29, 1.82) is 0 Å². The molecule has 0 aliphatic rings. The number of carboxylic acids is 1. The molecule has 1 aromatic rings. The van der Waals surface area contributed by atoms with Crippen molar-refractivity contribution in [1.82, 2.24) is 0 Å². The lowest BCUT2D eigenvalue weighted by atomic mass is 10.1. The van der Waals surface area contributed by atoms with Crippen LogP contribution in [0.25, 0.3) is 0 Å². The highest BCUT2D eigenvalue weighted by Crippen LogP contribution is 2.28. The van der Waals surface area contributed by atoms with E-state index in [4.69, 9.17) is 5.11 Å². The zero-order valence-electron chi connectivity index (χ0n) is 10.4. The molecule has 4 heteroatoms. The number of hydrogen-bond acceptors (Lipinski definition) is 2. The highest BCUT2D eigenvalue weighted by molar-refractivity contribution is 9.10. The van der Waals surface area contributed by atoms with Crippen LogP contribution in [0.5, 0.6) is 0 Å². The Morgan fingerprint density at radius 1 is 1.47 bits per heavy atom. The van der Waals surface area contributed by atoms with Crippen molar-refractivity contribution in [2.24, 2.45) is 0 Å². The first-order valence-corrected chi connectivity index (χ1v) is 6.51. The van der Waals surface area contributed by atoms with Crippen molar-refractivity contribution in [3.05, 3.63) is 27.7 Å². The third kappa shape index (κ3) is 3.73. The molecule has 2 N–H and O–H groups in total. The fraction of sp³-hybridized carbons (Fsp3) is 0.462. The van der Waals surface area contributed by atoms with Crippen LogP contribution in [0.3, 0.4) is 0 Å². The maximum atomic E-state index is 11.1. The molecule has 1 unspecified atom stereocenters. The van der Waals surface area contributed by atoms with Gasteiger partial charge < -0.3 is 10.4 Å². The van der Waals surface area contributed by atoms with E-state index in [1.807, 2.05) is 32.9 Å². The molecule has 3 nitrogen and oxygen atoms in total. The Kier molecular flexibility index (Phi) is 5.00. The molecular weight excluding hydrogens is 282 g/mol. The zero-order chi connectivity index (χ0) is 13.0. The van der Waals surface area contributed by atoms with Gasteiger partial charge in [-0.15, -0.1) is 0 Å².